The van der Waals surface area contributed by atoms with Crippen molar-refractivity contribution in [2.75, 3.05) is 0 Å². The number of carbonyl (C=O) groups is 2. The summed E-state index contributed by atoms with van der Waals surface area (Å²) >= 11 is 2.28. The number of nitrogens with zero attached hydrogens (tertiary/aromatic N) is 2. The van der Waals surface area contributed by atoms with Crippen LogP contribution in [0.3, 0.4) is 0 Å². The van der Waals surface area contributed by atoms with Crippen LogP contribution in [0.5, 0.6) is 0 Å². The maximum absolute atomic E-state index is 12.8. The molecule has 2 aromatic carbocycles. The van der Waals surface area contributed by atoms with Gasteiger partial charge in [-0.15, -0.1) is 0 Å². The van der Waals surface area contributed by atoms with E-state index in [9.17, 15) is 9.59 Å². The molecule has 0 atom stereocenters. The van der Waals surface area contributed by atoms with Crippen LogP contribution < -0.4 is 5.32 Å². The van der Waals surface area contributed by atoms with E-state index in [1.807, 2.05) is 50.2 Å². The van der Waals surface area contributed by atoms with E-state index in [1.165, 1.54) is 8.47 Å². The zero-order chi connectivity index (χ0) is 20.5. The molecule has 5 nitrogen and oxygen atoms in total. The van der Waals surface area contributed by atoms with Gasteiger partial charge in [0.15, 0.2) is 0 Å². The number of benzene rings is 2. The Morgan fingerprint density at radius 1 is 1.00 bits per heavy atom. The number of aromatic nitrogens is 1. The van der Waals surface area contributed by atoms with Gasteiger partial charge in [0.05, 0.1) is 6.54 Å². The highest BCUT2D eigenvalue weighted by Crippen LogP contribution is 2.25. The zero-order valence-electron chi connectivity index (χ0n) is 16.1. The number of hydrogen-bond acceptors (Lipinski definition) is 2. The number of halogens is 1. The van der Waals surface area contributed by atoms with Gasteiger partial charge in [-0.2, -0.15) is 0 Å². The number of aryl methyl sites for hydroxylation is 1. The van der Waals surface area contributed by atoms with Crippen molar-refractivity contribution in [3.05, 3.63) is 92.4 Å². The monoisotopic (exact) mass is 497 g/mol. The molecule has 6 heteroatoms. The number of imide groups is 1. The molecule has 1 aromatic heterocycles. The van der Waals surface area contributed by atoms with Crippen LogP contribution in [0, 0.1) is 17.4 Å². The lowest BCUT2D eigenvalue weighted by Crippen LogP contribution is -2.30. The third-order valence-corrected chi connectivity index (χ3v) is 5.72. The number of rotatable bonds is 4. The third kappa shape index (κ3) is 3.85. The number of hydrogen-bond donors (Lipinski definition) is 1. The molecule has 1 N–H and O–H groups in total. The summed E-state index contributed by atoms with van der Waals surface area (Å²) in [6.07, 6.45) is 1.76. The van der Waals surface area contributed by atoms with E-state index in [0.717, 1.165) is 28.2 Å². The molecule has 1 fully saturated rings. The molecule has 0 bridgehead atoms. The number of urea groups is 1. The minimum absolute atomic E-state index is 0.254. The van der Waals surface area contributed by atoms with Gasteiger partial charge >= 0.3 is 6.03 Å². The van der Waals surface area contributed by atoms with E-state index >= 15 is 0 Å². The van der Waals surface area contributed by atoms with Crippen molar-refractivity contribution in [2.24, 2.45) is 0 Å². The summed E-state index contributed by atoms with van der Waals surface area (Å²) in [4.78, 5) is 26.4. The second kappa shape index (κ2) is 7.87. The first-order valence-electron chi connectivity index (χ1n) is 9.27. The Balaban J connectivity index is 1.63. The van der Waals surface area contributed by atoms with E-state index in [4.69, 9.17) is 0 Å². The number of amides is 3. The van der Waals surface area contributed by atoms with Gasteiger partial charge in [-0.05, 0) is 84.0 Å². The van der Waals surface area contributed by atoms with Crippen LogP contribution in [0.2, 0.25) is 0 Å². The smallest absolute Gasteiger partial charge is 0.318 e. The number of nitrogens with one attached hydrogen (secondary N) is 1. The molecular weight excluding hydrogens is 477 g/mol. The fourth-order valence-electron chi connectivity index (χ4n) is 3.56. The summed E-state index contributed by atoms with van der Waals surface area (Å²) in [5, 5.41) is 2.71. The van der Waals surface area contributed by atoms with Gasteiger partial charge in [-0.3, -0.25) is 9.69 Å². The molecule has 1 aliphatic rings. The first-order chi connectivity index (χ1) is 13.9. The Hall–Kier alpha value is -2.87. The summed E-state index contributed by atoms with van der Waals surface area (Å²) < 4.78 is 3.32. The lowest BCUT2D eigenvalue weighted by molar-refractivity contribution is -0.123. The average Bonchev–Trinajstić information content (AvgIpc) is 3.13. The molecule has 3 amide bonds. The Bertz CT molecular complexity index is 1120. The van der Waals surface area contributed by atoms with Gasteiger partial charge in [0, 0.05) is 20.6 Å². The van der Waals surface area contributed by atoms with E-state index < -0.39 is 6.03 Å². The van der Waals surface area contributed by atoms with Crippen LogP contribution in [-0.2, 0) is 11.3 Å². The first-order valence-corrected chi connectivity index (χ1v) is 10.4. The Morgan fingerprint density at radius 3 is 2.38 bits per heavy atom. The molecule has 1 saturated heterocycles. The topological polar surface area (TPSA) is 54.3 Å². The molecule has 0 aliphatic carbocycles. The molecular formula is C23H20IN3O2. The second-order valence-electron chi connectivity index (χ2n) is 7.00. The normalized spacial score (nSPS) is 15.3. The van der Waals surface area contributed by atoms with Gasteiger partial charge in [0.25, 0.3) is 5.91 Å². The molecule has 0 spiro atoms. The predicted molar refractivity (Wildman–Crippen MR) is 121 cm³/mol. The molecule has 0 radical (unpaired) electrons. The van der Waals surface area contributed by atoms with Crippen molar-refractivity contribution in [1.82, 2.24) is 14.8 Å². The Labute approximate surface area is 183 Å². The van der Waals surface area contributed by atoms with Crippen molar-refractivity contribution in [2.45, 2.75) is 20.4 Å². The van der Waals surface area contributed by atoms with Gasteiger partial charge < -0.3 is 9.88 Å². The fourth-order valence-corrected chi connectivity index (χ4v) is 3.92. The minimum Gasteiger partial charge on any atom is -0.318 e. The molecule has 2 heterocycles. The minimum atomic E-state index is -0.392. The molecule has 1 aliphatic heterocycles. The van der Waals surface area contributed by atoms with Gasteiger partial charge in [-0.25, -0.2) is 4.79 Å². The SMILES string of the molecule is Cc1cc(/C=C2\NC(=O)N(Cc3ccccc3)C2=O)c(C)n1-c1ccc(I)cc1. The van der Waals surface area contributed by atoms with E-state index in [1.54, 1.807) is 6.08 Å². The number of carbonyl (C=O) groups excluding carboxylic acids is 2. The summed E-state index contributed by atoms with van der Waals surface area (Å²) in [7, 11) is 0. The summed E-state index contributed by atoms with van der Waals surface area (Å²) in [5.74, 6) is -0.307. The van der Waals surface area contributed by atoms with Crippen LogP contribution in [-0.4, -0.2) is 21.4 Å². The van der Waals surface area contributed by atoms with E-state index in [2.05, 4.69) is 56.7 Å². The lowest BCUT2D eigenvalue weighted by atomic mass is 10.2. The molecule has 0 saturated carbocycles. The molecule has 146 valence electrons. The predicted octanol–water partition coefficient (Wildman–Crippen LogP) is 4.79. The lowest BCUT2D eigenvalue weighted by Gasteiger charge is -2.11. The average molecular weight is 497 g/mol. The highest BCUT2D eigenvalue weighted by atomic mass is 127. The maximum Gasteiger partial charge on any atom is 0.329 e. The quantitative estimate of drug-likeness (QED) is 0.320. The van der Waals surface area contributed by atoms with Crippen LogP contribution in [0.1, 0.15) is 22.5 Å². The third-order valence-electron chi connectivity index (χ3n) is 5.00. The van der Waals surface area contributed by atoms with Crippen molar-refractivity contribution in [3.63, 3.8) is 0 Å². The van der Waals surface area contributed by atoms with Gasteiger partial charge in [0.2, 0.25) is 0 Å². The molecule has 29 heavy (non-hydrogen) atoms. The van der Waals surface area contributed by atoms with Gasteiger partial charge in [0.1, 0.15) is 5.70 Å². The van der Waals surface area contributed by atoms with Crippen LogP contribution in [0.25, 0.3) is 11.8 Å². The van der Waals surface area contributed by atoms with Gasteiger partial charge in [-0.1, -0.05) is 30.3 Å². The van der Waals surface area contributed by atoms with Crippen LogP contribution >= 0.6 is 22.6 Å². The molecule has 0 unspecified atom stereocenters. The summed E-state index contributed by atoms with van der Waals surface area (Å²) in [6.45, 7) is 4.30. The van der Waals surface area contributed by atoms with Crippen molar-refractivity contribution >= 4 is 40.6 Å². The van der Waals surface area contributed by atoms with Crippen LogP contribution in [0.15, 0.2) is 66.4 Å². The summed E-state index contributed by atoms with van der Waals surface area (Å²) in [5.41, 5.74) is 5.26. The maximum atomic E-state index is 12.8. The summed E-state index contributed by atoms with van der Waals surface area (Å²) in [6, 6.07) is 19.4. The largest absolute Gasteiger partial charge is 0.329 e. The van der Waals surface area contributed by atoms with Crippen molar-refractivity contribution < 1.29 is 9.59 Å². The van der Waals surface area contributed by atoms with E-state index in [0.29, 0.717) is 5.70 Å². The standard InChI is InChI=1S/C23H20IN3O2/c1-15-12-18(16(2)27(15)20-10-8-19(24)9-11-20)13-21-22(28)26(23(29)25-21)14-17-6-4-3-5-7-17/h3-13H,14H2,1-2H3,(H,25,29)/b21-13-. The second-order valence-corrected chi connectivity index (χ2v) is 8.25. The Morgan fingerprint density at radius 2 is 1.69 bits per heavy atom. The molecule has 4 rings (SSSR count). The highest BCUT2D eigenvalue weighted by molar-refractivity contribution is 14.1. The van der Waals surface area contributed by atoms with Crippen molar-refractivity contribution in [3.8, 4) is 5.69 Å². The molecule has 3 aromatic rings. The van der Waals surface area contributed by atoms with E-state index in [-0.39, 0.29) is 12.5 Å². The first kappa shape index (κ1) is 19.4. The highest BCUT2D eigenvalue weighted by Gasteiger charge is 2.33. The Kier molecular flexibility index (Phi) is 5.27. The fraction of sp³-hybridized carbons (Fsp3) is 0.130. The van der Waals surface area contributed by atoms with Crippen LogP contribution in [0.4, 0.5) is 4.79 Å². The zero-order valence-corrected chi connectivity index (χ0v) is 18.3. The van der Waals surface area contributed by atoms with Crippen molar-refractivity contribution in [1.29, 1.82) is 0 Å².